The van der Waals surface area contributed by atoms with Crippen molar-refractivity contribution in [3.8, 4) is 17.0 Å². The molecule has 0 bridgehead atoms. The van der Waals surface area contributed by atoms with Crippen molar-refractivity contribution in [3.63, 3.8) is 0 Å². The SMILES string of the molecule is CCOc1ccc(-c2cc(C(=O)NCC(C)CN(CC)CC)c3ccccc3n2)cc1. The Balaban J connectivity index is 1.84. The van der Waals surface area contributed by atoms with Crippen LogP contribution in [0.5, 0.6) is 5.75 Å². The zero-order valence-electron chi connectivity index (χ0n) is 19.0. The Morgan fingerprint density at radius 3 is 2.45 bits per heavy atom. The monoisotopic (exact) mass is 419 g/mol. The number of pyridine rings is 1. The van der Waals surface area contributed by atoms with E-state index in [2.05, 4.69) is 31.0 Å². The van der Waals surface area contributed by atoms with Crippen LogP contribution in [-0.4, -0.2) is 48.6 Å². The fourth-order valence-electron chi connectivity index (χ4n) is 3.75. The first-order chi connectivity index (χ1) is 15.0. The summed E-state index contributed by atoms with van der Waals surface area (Å²) < 4.78 is 5.54. The molecule has 3 rings (SSSR count). The van der Waals surface area contributed by atoms with E-state index in [1.807, 2.05) is 61.5 Å². The van der Waals surface area contributed by atoms with Crippen LogP contribution >= 0.6 is 0 Å². The summed E-state index contributed by atoms with van der Waals surface area (Å²) in [6.07, 6.45) is 0. The lowest BCUT2D eigenvalue weighted by Gasteiger charge is -2.23. The minimum atomic E-state index is -0.0582. The molecule has 3 aromatic rings. The van der Waals surface area contributed by atoms with Gasteiger partial charge in [-0.3, -0.25) is 4.79 Å². The van der Waals surface area contributed by atoms with Crippen molar-refractivity contribution in [2.45, 2.75) is 27.7 Å². The molecular formula is C26H33N3O2. The first-order valence-electron chi connectivity index (χ1n) is 11.2. The standard InChI is InChI=1S/C26H33N3O2/c1-5-29(6-2)18-19(4)17-27-26(30)23-16-25(28-24-11-9-8-10-22(23)24)20-12-14-21(15-13-20)31-7-3/h8-16,19H,5-7,17-18H2,1-4H3,(H,27,30). The van der Waals surface area contributed by atoms with E-state index in [-0.39, 0.29) is 5.91 Å². The molecule has 5 nitrogen and oxygen atoms in total. The Morgan fingerprint density at radius 1 is 1.06 bits per heavy atom. The molecule has 0 fully saturated rings. The number of fused-ring (bicyclic) bond motifs is 1. The van der Waals surface area contributed by atoms with Crippen LogP contribution in [0.4, 0.5) is 0 Å². The Morgan fingerprint density at radius 2 is 1.77 bits per heavy atom. The number of para-hydroxylation sites is 1. The molecule has 1 N–H and O–H groups in total. The molecule has 0 aliphatic rings. The average molecular weight is 420 g/mol. The third-order valence-corrected chi connectivity index (χ3v) is 5.50. The molecule has 0 aliphatic heterocycles. The fourth-order valence-corrected chi connectivity index (χ4v) is 3.75. The van der Waals surface area contributed by atoms with E-state index in [4.69, 9.17) is 9.72 Å². The average Bonchev–Trinajstić information content (AvgIpc) is 2.81. The van der Waals surface area contributed by atoms with Crippen LogP contribution in [0.15, 0.2) is 54.6 Å². The number of hydrogen-bond donors (Lipinski definition) is 1. The van der Waals surface area contributed by atoms with E-state index in [1.54, 1.807) is 0 Å². The van der Waals surface area contributed by atoms with Gasteiger partial charge < -0.3 is 15.0 Å². The molecular weight excluding hydrogens is 386 g/mol. The zero-order valence-corrected chi connectivity index (χ0v) is 19.0. The van der Waals surface area contributed by atoms with E-state index >= 15 is 0 Å². The number of amides is 1. The van der Waals surface area contributed by atoms with Gasteiger partial charge in [0, 0.05) is 24.0 Å². The first-order valence-corrected chi connectivity index (χ1v) is 11.2. The quantitative estimate of drug-likeness (QED) is 0.502. The van der Waals surface area contributed by atoms with Gasteiger partial charge in [-0.2, -0.15) is 0 Å². The van der Waals surface area contributed by atoms with Gasteiger partial charge in [-0.1, -0.05) is 39.0 Å². The molecule has 1 heterocycles. The van der Waals surface area contributed by atoms with Crippen LogP contribution in [-0.2, 0) is 0 Å². The second-order valence-corrected chi connectivity index (χ2v) is 7.83. The number of carbonyl (C=O) groups is 1. The number of hydrogen-bond acceptors (Lipinski definition) is 4. The van der Waals surface area contributed by atoms with Crippen molar-refractivity contribution >= 4 is 16.8 Å². The maximum Gasteiger partial charge on any atom is 0.252 e. The van der Waals surface area contributed by atoms with Crippen molar-refractivity contribution in [1.82, 2.24) is 15.2 Å². The number of nitrogens with one attached hydrogen (secondary N) is 1. The van der Waals surface area contributed by atoms with Crippen LogP contribution in [0, 0.1) is 5.92 Å². The minimum absolute atomic E-state index is 0.0582. The molecule has 1 unspecified atom stereocenters. The van der Waals surface area contributed by atoms with Crippen molar-refractivity contribution in [1.29, 1.82) is 0 Å². The van der Waals surface area contributed by atoms with Gasteiger partial charge in [0.05, 0.1) is 23.4 Å². The summed E-state index contributed by atoms with van der Waals surface area (Å²) in [6, 6.07) is 17.5. The Labute approximate surface area is 185 Å². The van der Waals surface area contributed by atoms with Crippen molar-refractivity contribution in [2.75, 3.05) is 32.8 Å². The molecule has 0 spiro atoms. The Kier molecular flexibility index (Phi) is 8.01. The number of carbonyl (C=O) groups excluding carboxylic acids is 1. The predicted molar refractivity (Wildman–Crippen MR) is 128 cm³/mol. The maximum atomic E-state index is 13.1. The van der Waals surface area contributed by atoms with E-state index in [1.165, 1.54) is 0 Å². The second kappa shape index (κ2) is 10.9. The third-order valence-electron chi connectivity index (χ3n) is 5.50. The Hall–Kier alpha value is -2.92. The molecule has 2 aromatic carbocycles. The van der Waals surface area contributed by atoms with Crippen molar-refractivity contribution in [2.24, 2.45) is 5.92 Å². The number of ether oxygens (including phenoxy) is 1. The molecule has 164 valence electrons. The lowest BCUT2D eigenvalue weighted by Crippen LogP contribution is -2.35. The summed E-state index contributed by atoms with van der Waals surface area (Å²) in [7, 11) is 0. The van der Waals surface area contributed by atoms with E-state index in [0.717, 1.165) is 47.5 Å². The highest BCUT2D eigenvalue weighted by atomic mass is 16.5. The van der Waals surface area contributed by atoms with Gasteiger partial charge in [0.25, 0.3) is 5.91 Å². The van der Waals surface area contributed by atoms with E-state index in [9.17, 15) is 4.79 Å². The lowest BCUT2D eigenvalue weighted by molar-refractivity contribution is 0.0946. The van der Waals surface area contributed by atoms with Gasteiger partial charge in [0.2, 0.25) is 0 Å². The maximum absolute atomic E-state index is 13.1. The minimum Gasteiger partial charge on any atom is -0.494 e. The topological polar surface area (TPSA) is 54.5 Å². The van der Waals surface area contributed by atoms with Crippen LogP contribution in [0.3, 0.4) is 0 Å². The molecule has 0 saturated carbocycles. The predicted octanol–water partition coefficient (Wildman–Crippen LogP) is 5.01. The number of benzene rings is 2. The highest BCUT2D eigenvalue weighted by Gasteiger charge is 2.15. The Bertz CT molecular complexity index is 997. The summed E-state index contributed by atoms with van der Waals surface area (Å²) in [5.41, 5.74) is 3.21. The molecule has 5 heteroatoms. The zero-order chi connectivity index (χ0) is 22.2. The molecule has 1 amide bonds. The molecule has 0 saturated heterocycles. The highest BCUT2D eigenvalue weighted by Crippen LogP contribution is 2.26. The van der Waals surface area contributed by atoms with Gasteiger partial charge in [-0.25, -0.2) is 4.98 Å². The van der Waals surface area contributed by atoms with Gasteiger partial charge in [0.15, 0.2) is 0 Å². The molecule has 1 aromatic heterocycles. The van der Waals surface area contributed by atoms with Crippen LogP contribution in [0.2, 0.25) is 0 Å². The smallest absolute Gasteiger partial charge is 0.252 e. The number of nitrogens with zero attached hydrogens (tertiary/aromatic N) is 2. The molecule has 1 atom stereocenters. The fraction of sp³-hybridized carbons (Fsp3) is 0.385. The summed E-state index contributed by atoms with van der Waals surface area (Å²) in [6.45, 7) is 12.8. The normalized spacial score (nSPS) is 12.2. The van der Waals surface area contributed by atoms with Gasteiger partial charge in [-0.05, 0) is 62.3 Å². The van der Waals surface area contributed by atoms with Gasteiger partial charge in [0.1, 0.15) is 5.75 Å². The van der Waals surface area contributed by atoms with E-state index < -0.39 is 0 Å². The van der Waals surface area contributed by atoms with E-state index in [0.29, 0.717) is 24.6 Å². The largest absolute Gasteiger partial charge is 0.494 e. The number of rotatable bonds is 10. The molecule has 31 heavy (non-hydrogen) atoms. The third kappa shape index (κ3) is 5.82. The van der Waals surface area contributed by atoms with Crippen LogP contribution < -0.4 is 10.1 Å². The van der Waals surface area contributed by atoms with Crippen LogP contribution in [0.1, 0.15) is 38.1 Å². The van der Waals surface area contributed by atoms with Crippen molar-refractivity contribution in [3.05, 3.63) is 60.2 Å². The van der Waals surface area contributed by atoms with Crippen LogP contribution in [0.25, 0.3) is 22.2 Å². The van der Waals surface area contributed by atoms with Gasteiger partial charge in [-0.15, -0.1) is 0 Å². The highest BCUT2D eigenvalue weighted by molar-refractivity contribution is 6.07. The van der Waals surface area contributed by atoms with Crippen molar-refractivity contribution < 1.29 is 9.53 Å². The molecule has 0 aliphatic carbocycles. The molecule has 0 radical (unpaired) electrons. The summed E-state index contributed by atoms with van der Waals surface area (Å²) in [4.78, 5) is 20.3. The number of aromatic nitrogens is 1. The second-order valence-electron chi connectivity index (χ2n) is 7.83. The van der Waals surface area contributed by atoms with Gasteiger partial charge >= 0.3 is 0 Å². The summed E-state index contributed by atoms with van der Waals surface area (Å²) in [5, 5.41) is 4.00. The summed E-state index contributed by atoms with van der Waals surface area (Å²) >= 11 is 0. The first kappa shape index (κ1) is 22.8. The lowest BCUT2D eigenvalue weighted by atomic mass is 10.0. The summed E-state index contributed by atoms with van der Waals surface area (Å²) in [5.74, 6) is 1.15.